The summed E-state index contributed by atoms with van der Waals surface area (Å²) in [6.07, 6.45) is 5.55. The highest BCUT2D eigenvalue weighted by Gasteiger charge is 2.15. The van der Waals surface area contributed by atoms with Crippen LogP contribution in [0.4, 0.5) is 0 Å². The Morgan fingerprint density at radius 2 is 1.86 bits per heavy atom. The second kappa shape index (κ2) is 3.05. The lowest BCUT2D eigenvalue weighted by atomic mass is 9.91. The molecular formula is C12H14N2. The maximum absolute atomic E-state index is 4.44. The smallest absolute Gasteiger partial charge is 0.0463 e. The monoisotopic (exact) mass is 186 g/mol. The molecule has 0 amide bonds. The van der Waals surface area contributed by atoms with E-state index in [1.54, 1.807) is 0 Å². The van der Waals surface area contributed by atoms with E-state index in [9.17, 15) is 0 Å². The Kier molecular flexibility index (Phi) is 1.99. The van der Waals surface area contributed by atoms with Crippen molar-refractivity contribution in [2.75, 3.05) is 0 Å². The van der Waals surface area contributed by atoms with Gasteiger partial charge in [-0.15, -0.1) is 0 Å². The SMILES string of the molecule is CC(C)(C)c1cc2ccncc2cn1. The first-order valence-electron chi connectivity index (χ1n) is 4.77. The average molecular weight is 186 g/mol. The molecular weight excluding hydrogens is 172 g/mol. The van der Waals surface area contributed by atoms with Gasteiger partial charge in [0.1, 0.15) is 0 Å². The predicted molar refractivity (Wildman–Crippen MR) is 58.2 cm³/mol. The van der Waals surface area contributed by atoms with Crippen molar-refractivity contribution in [1.29, 1.82) is 0 Å². The molecule has 0 fully saturated rings. The highest BCUT2D eigenvalue weighted by atomic mass is 14.7. The molecule has 2 rings (SSSR count). The van der Waals surface area contributed by atoms with Crippen molar-refractivity contribution in [2.24, 2.45) is 0 Å². The summed E-state index contributed by atoms with van der Waals surface area (Å²) in [5, 5.41) is 2.31. The van der Waals surface area contributed by atoms with Gasteiger partial charge in [-0.05, 0) is 17.5 Å². The lowest BCUT2D eigenvalue weighted by molar-refractivity contribution is 0.570. The van der Waals surface area contributed by atoms with Gasteiger partial charge >= 0.3 is 0 Å². The fourth-order valence-corrected chi connectivity index (χ4v) is 1.39. The molecule has 0 spiro atoms. The van der Waals surface area contributed by atoms with E-state index in [2.05, 4.69) is 36.8 Å². The van der Waals surface area contributed by atoms with Gasteiger partial charge in [0.25, 0.3) is 0 Å². The molecule has 0 aliphatic carbocycles. The van der Waals surface area contributed by atoms with E-state index in [1.807, 2.05) is 24.7 Å². The zero-order valence-corrected chi connectivity index (χ0v) is 8.78. The Hall–Kier alpha value is -1.44. The molecule has 0 atom stereocenters. The van der Waals surface area contributed by atoms with Crippen LogP contribution in [0.1, 0.15) is 26.5 Å². The van der Waals surface area contributed by atoms with E-state index in [4.69, 9.17) is 0 Å². The zero-order chi connectivity index (χ0) is 10.2. The second-order valence-corrected chi connectivity index (χ2v) is 4.54. The molecule has 0 bridgehead atoms. The van der Waals surface area contributed by atoms with Crippen LogP contribution in [0.3, 0.4) is 0 Å². The van der Waals surface area contributed by atoms with Gasteiger partial charge in [0.05, 0.1) is 0 Å². The molecule has 14 heavy (non-hydrogen) atoms. The minimum Gasteiger partial charge on any atom is -0.264 e. The summed E-state index contributed by atoms with van der Waals surface area (Å²) in [5.74, 6) is 0. The summed E-state index contributed by atoms with van der Waals surface area (Å²) >= 11 is 0. The van der Waals surface area contributed by atoms with Gasteiger partial charge in [-0.25, -0.2) is 0 Å². The topological polar surface area (TPSA) is 25.8 Å². The van der Waals surface area contributed by atoms with Crippen molar-refractivity contribution in [3.8, 4) is 0 Å². The quantitative estimate of drug-likeness (QED) is 0.632. The van der Waals surface area contributed by atoms with E-state index in [1.165, 1.54) is 5.39 Å². The molecule has 2 aromatic rings. The van der Waals surface area contributed by atoms with Crippen LogP contribution in [0.15, 0.2) is 30.7 Å². The van der Waals surface area contributed by atoms with Crippen molar-refractivity contribution < 1.29 is 0 Å². The van der Waals surface area contributed by atoms with Gasteiger partial charge in [0.15, 0.2) is 0 Å². The minimum atomic E-state index is 0.109. The van der Waals surface area contributed by atoms with Crippen molar-refractivity contribution in [1.82, 2.24) is 9.97 Å². The molecule has 0 aliphatic heterocycles. The summed E-state index contributed by atoms with van der Waals surface area (Å²) in [4.78, 5) is 8.50. The fourth-order valence-electron chi connectivity index (χ4n) is 1.39. The van der Waals surface area contributed by atoms with Crippen LogP contribution in [0, 0.1) is 0 Å². The van der Waals surface area contributed by atoms with Gasteiger partial charge in [-0.2, -0.15) is 0 Å². The number of aromatic nitrogens is 2. The number of rotatable bonds is 0. The number of fused-ring (bicyclic) bond motifs is 1. The number of hydrogen-bond donors (Lipinski definition) is 0. The number of pyridine rings is 2. The lowest BCUT2D eigenvalue weighted by Crippen LogP contribution is -2.12. The van der Waals surface area contributed by atoms with Crippen LogP contribution in [-0.2, 0) is 5.41 Å². The van der Waals surface area contributed by atoms with E-state index in [-0.39, 0.29) is 5.41 Å². The van der Waals surface area contributed by atoms with Crippen molar-refractivity contribution in [3.63, 3.8) is 0 Å². The van der Waals surface area contributed by atoms with Crippen LogP contribution in [0.2, 0.25) is 0 Å². The number of nitrogens with zero attached hydrogens (tertiary/aromatic N) is 2. The summed E-state index contributed by atoms with van der Waals surface area (Å²) < 4.78 is 0. The fraction of sp³-hybridized carbons (Fsp3) is 0.333. The lowest BCUT2D eigenvalue weighted by Gasteiger charge is -2.17. The largest absolute Gasteiger partial charge is 0.264 e. The molecule has 2 aromatic heterocycles. The molecule has 0 unspecified atom stereocenters. The number of hydrogen-bond acceptors (Lipinski definition) is 2. The molecule has 0 radical (unpaired) electrons. The van der Waals surface area contributed by atoms with Gasteiger partial charge < -0.3 is 0 Å². The Balaban J connectivity index is 2.63. The average Bonchev–Trinajstić information content (AvgIpc) is 2.16. The maximum Gasteiger partial charge on any atom is 0.0463 e. The highest BCUT2D eigenvalue weighted by Crippen LogP contribution is 2.22. The van der Waals surface area contributed by atoms with Crippen molar-refractivity contribution in [3.05, 3.63) is 36.4 Å². The molecule has 0 aliphatic rings. The van der Waals surface area contributed by atoms with Gasteiger partial charge in [-0.1, -0.05) is 20.8 Å². The zero-order valence-electron chi connectivity index (χ0n) is 8.78. The Morgan fingerprint density at radius 3 is 2.57 bits per heavy atom. The molecule has 72 valence electrons. The first-order valence-corrected chi connectivity index (χ1v) is 4.77. The highest BCUT2D eigenvalue weighted by molar-refractivity contribution is 5.80. The molecule has 0 saturated heterocycles. The first-order chi connectivity index (χ1) is 6.57. The van der Waals surface area contributed by atoms with Crippen LogP contribution in [0.25, 0.3) is 10.8 Å². The summed E-state index contributed by atoms with van der Waals surface area (Å²) in [7, 11) is 0. The molecule has 2 nitrogen and oxygen atoms in total. The van der Waals surface area contributed by atoms with Gasteiger partial charge in [0.2, 0.25) is 0 Å². The Bertz CT molecular complexity index is 455. The molecule has 0 saturated carbocycles. The van der Waals surface area contributed by atoms with Crippen LogP contribution in [-0.4, -0.2) is 9.97 Å². The summed E-state index contributed by atoms with van der Waals surface area (Å²) in [6, 6.07) is 4.16. The minimum absolute atomic E-state index is 0.109. The van der Waals surface area contributed by atoms with E-state index < -0.39 is 0 Å². The van der Waals surface area contributed by atoms with Gasteiger partial charge in [0, 0.05) is 35.1 Å². The van der Waals surface area contributed by atoms with Crippen molar-refractivity contribution >= 4 is 10.8 Å². The van der Waals surface area contributed by atoms with Crippen LogP contribution in [0.5, 0.6) is 0 Å². The van der Waals surface area contributed by atoms with Crippen LogP contribution < -0.4 is 0 Å². The third-order valence-corrected chi connectivity index (χ3v) is 2.29. The van der Waals surface area contributed by atoms with E-state index >= 15 is 0 Å². The van der Waals surface area contributed by atoms with E-state index in [0.717, 1.165) is 11.1 Å². The Labute approximate surface area is 84.0 Å². The standard InChI is InChI=1S/C12H14N2/c1-12(2,3)11-6-9-4-5-13-7-10(9)8-14-11/h4-8H,1-3H3. The molecule has 2 heterocycles. The van der Waals surface area contributed by atoms with Gasteiger partial charge in [-0.3, -0.25) is 9.97 Å². The Morgan fingerprint density at radius 1 is 1.07 bits per heavy atom. The normalized spacial score (nSPS) is 11.9. The van der Waals surface area contributed by atoms with Crippen molar-refractivity contribution in [2.45, 2.75) is 26.2 Å². The summed E-state index contributed by atoms with van der Waals surface area (Å²) in [5.41, 5.74) is 1.23. The maximum atomic E-state index is 4.44. The first kappa shape index (κ1) is 9.13. The third-order valence-electron chi connectivity index (χ3n) is 2.29. The molecule has 0 N–H and O–H groups in total. The second-order valence-electron chi connectivity index (χ2n) is 4.54. The third kappa shape index (κ3) is 1.60. The predicted octanol–water partition coefficient (Wildman–Crippen LogP) is 2.93. The van der Waals surface area contributed by atoms with Crippen LogP contribution >= 0.6 is 0 Å². The molecule has 2 heteroatoms. The van der Waals surface area contributed by atoms with E-state index in [0.29, 0.717) is 0 Å². The summed E-state index contributed by atoms with van der Waals surface area (Å²) in [6.45, 7) is 6.51. The molecule has 0 aromatic carbocycles.